The molecule has 0 aromatic heterocycles. The van der Waals surface area contributed by atoms with Crippen molar-refractivity contribution in [3.8, 4) is 0 Å². The highest BCUT2D eigenvalue weighted by molar-refractivity contribution is 5.92. The van der Waals surface area contributed by atoms with E-state index in [9.17, 15) is 4.79 Å². The molecule has 5 nitrogen and oxygen atoms in total. The molecule has 5 heteroatoms. The number of carbonyl (C=O) groups is 1. The lowest BCUT2D eigenvalue weighted by molar-refractivity contribution is 0.0600. The lowest BCUT2D eigenvalue weighted by atomic mass is 10.1. The number of hydrogen-bond donors (Lipinski definition) is 1. The first-order valence-corrected chi connectivity index (χ1v) is 6.41. The molecule has 1 aliphatic rings. The van der Waals surface area contributed by atoms with Crippen LogP contribution in [0, 0.1) is 0 Å². The van der Waals surface area contributed by atoms with Crippen molar-refractivity contribution in [1.29, 1.82) is 0 Å². The highest BCUT2D eigenvalue weighted by Gasteiger charge is 2.21. The van der Waals surface area contributed by atoms with Gasteiger partial charge in [-0.1, -0.05) is 0 Å². The summed E-state index contributed by atoms with van der Waals surface area (Å²) in [5.41, 5.74) is 8.07. The number of benzene rings is 1. The number of nitrogen functional groups attached to an aromatic ring is 1. The molecule has 0 radical (unpaired) electrons. The number of ether oxygens (including phenoxy) is 2. The average Bonchev–Trinajstić information content (AvgIpc) is 2.46. The van der Waals surface area contributed by atoms with Gasteiger partial charge in [-0.05, 0) is 31.0 Å². The van der Waals surface area contributed by atoms with E-state index >= 15 is 0 Å². The molecule has 0 saturated carbocycles. The van der Waals surface area contributed by atoms with E-state index in [0.717, 1.165) is 31.6 Å². The van der Waals surface area contributed by atoms with Gasteiger partial charge in [0.15, 0.2) is 0 Å². The zero-order valence-corrected chi connectivity index (χ0v) is 11.4. The first-order chi connectivity index (χ1) is 9.15. The molecule has 0 amide bonds. The topological polar surface area (TPSA) is 64.8 Å². The molecule has 2 rings (SSSR count). The summed E-state index contributed by atoms with van der Waals surface area (Å²) in [7, 11) is 3.10. The average molecular weight is 264 g/mol. The Kier molecular flexibility index (Phi) is 4.27. The zero-order valence-electron chi connectivity index (χ0n) is 11.4. The van der Waals surface area contributed by atoms with E-state index in [1.54, 1.807) is 19.2 Å². The van der Waals surface area contributed by atoms with Gasteiger partial charge in [0.2, 0.25) is 0 Å². The van der Waals surface area contributed by atoms with Crippen LogP contribution in [0.5, 0.6) is 0 Å². The predicted molar refractivity (Wildman–Crippen MR) is 74.4 cm³/mol. The zero-order chi connectivity index (χ0) is 13.8. The molecule has 0 bridgehead atoms. The van der Waals surface area contributed by atoms with Crippen molar-refractivity contribution in [3.05, 3.63) is 23.8 Å². The second-order valence-corrected chi connectivity index (χ2v) is 4.71. The number of methoxy groups -OCH3 is 2. The van der Waals surface area contributed by atoms with Crippen LogP contribution in [0.15, 0.2) is 18.2 Å². The maximum absolute atomic E-state index is 11.4. The first-order valence-electron chi connectivity index (χ1n) is 6.41. The number of anilines is 2. The first kappa shape index (κ1) is 13.7. The number of nitrogens with zero attached hydrogens (tertiary/aromatic N) is 1. The minimum Gasteiger partial charge on any atom is -0.465 e. The molecule has 1 saturated heterocycles. The van der Waals surface area contributed by atoms with Crippen molar-refractivity contribution in [3.63, 3.8) is 0 Å². The Morgan fingerprint density at radius 2 is 2.21 bits per heavy atom. The fraction of sp³-hybridized carbons (Fsp3) is 0.500. The van der Waals surface area contributed by atoms with Crippen LogP contribution in [0.25, 0.3) is 0 Å². The van der Waals surface area contributed by atoms with Crippen molar-refractivity contribution in [2.24, 2.45) is 0 Å². The Bertz CT molecular complexity index is 462. The SMILES string of the molecule is COC(=O)c1ccc(N2CCCC(OC)C2)c(N)c1. The van der Waals surface area contributed by atoms with Crippen LogP contribution < -0.4 is 10.6 Å². The molecule has 2 N–H and O–H groups in total. The van der Waals surface area contributed by atoms with Gasteiger partial charge >= 0.3 is 5.97 Å². The van der Waals surface area contributed by atoms with Crippen LogP contribution in [0.3, 0.4) is 0 Å². The number of nitrogens with two attached hydrogens (primary N) is 1. The van der Waals surface area contributed by atoms with Gasteiger partial charge in [-0.3, -0.25) is 0 Å². The summed E-state index contributed by atoms with van der Waals surface area (Å²) in [5, 5.41) is 0. The Labute approximate surface area is 113 Å². The van der Waals surface area contributed by atoms with Crippen molar-refractivity contribution in [2.75, 3.05) is 37.9 Å². The predicted octanol–water partition coefficient (Wildman–Crippen LogP) is 1.67. The standard InChI is InChI=1S/C14H20N2O3/c1-18-11-4-3-7-16(9-11)13-6-5-10(8-12(13)15)14(17)19-2/h5-6,8,11H,3-4,7,9,15H2,1-2H3. The second kappa shape index (κ2) is 5.93. The summed E-state index contributed by atoms with van der Waals surface area (Å²) < 4.78 is 10.1. The van der Waals surface area contributed by atoms with E-state index in [0.29, 0.717) is 11.3 Å². The Balaban J connectivity index is 2.18. The third-order valence-corrected chi connectivity index (χ3v) is 3.50. The molecule has 1 atom stereocenters. The largest absolute Gasteiger partial charge is 0.465 e. The van der Waals surface area contributed by atoms with Crippen molar-refractivity contribution < 1.29 is 14.3 Å². The molecule has 1 heterocycles. The molecule has 1 aromatic carbocycles. The maximum atomic E-state index is 11.4. The molecular formula is C14H20N2O3. The van der Waals surface area contributed by atoms with Gasteiger partial charge in [0.1, 0.15) is 0 Å². The molecule has 1 unspecified atom stereocenters. The van der Waals surface area contributed by atoms with Gasteiger partial charge in [-0.15, -0.1) is 0 Å². The summed E-state index contributed by atoms with van der Waals surface area (Å²) >= 11 is 0. The van der Waals surface area contributed by atoms with E-state index in [1.807, 2.05) is 6.07 Å². The molecular weight excluding hydrogens is 244 g/mol. The monoisotopic (exact) mass is 264 g/mol. The fourth-order valence-electron chi connectivity index (χ4n) is 2.44. The summed E-state index contributed by atoms with van der Waals surface area (Å²) in [6, 6.07) is 5.28. The second-order valence-electron chi connectivity index (χ2n) is 4.71. The number of rotatable bonds is 3. The number of piperidine rings is 1. The van der Waals surface area contributed by atoms with Crippen LogP contribution in [0.4, 0.5) is 11.4 Å². The molecule has 0 aliphatic carbocycles. The van der Waals surface area contributed by atoms with Gasteiger partial charge in [0.05, 0.1) is 30.2 Å². The van der Waals surface area contributed by atoms with E-state index in [2.05, 4.69) is 9.64 Å². The quantitative estimate of drug-likeness (QED) is 0.664. The van der Waals surface area contributed by atoms with Crippen LogP contribution in [-0.4, -0.2) is 39.4 Å². The Morgan fingerprint density at radius 1 is 1.42 bits per heavy atom. The van der Waals surface area contributed by atoms with Gasteiger partial charge in [0.25, 0.3) is 0 Å². The Hall–Kier alpha value is -1.75. The highest BCUT2D eigenvalue weighted by atomic mass is 16.5. The molecule has 1 aromatic rings. The van der Waals surface area contributed by atoms with Gasteiger partial charge in [-0.2, -0.15) is 0 Å². The van der Waals surface area contributed by atoms with Crippen LogP contribution in [0.2, 0.25) is 0 Å². The maximum Gasteiger partial charge on any atom is 0.337 e. The smallest absolute Gasteiger partial charge is 0.337 e. The summed E-state index contributed by atoms with van der Waals surface area (Å²) in [5.74, 6) is -0.369. The van der Waals surface area contributed by atoms with Gasteiger partial charge in [0, 0.05) is 20.2 Å². The van der Waals surface area contributed by atoms with E-state index in [1.165, 1.54) is 7.11 Å². The normalized spacial score (nSPS) is 19.3. The molecule has 0 spiro atoms. The van der Waals surface area contributed by atoms with E-state index in [-0.39, 0.29) is 12.1 Å². The number of hydrogen-bond acceptors (Lipinski definition) is 5. The van der Waals surface area contributed by atoms with Gasteiger partial charge in [-0.25, -0.2) is 4.79 Å². The van der Waals surface area contributed by atoms with Crippen LogP contribution in [-0.2, 0) is 9.47 Å². The Morgan fingerprint density at radius 3 is 2.84 bits per heavy atom. The lowest BCUT2D eigenvalue weighted by Gasteiger charge is -2.34. The van der Waals surface area contributed by atoms with Gasteiger partial charge < -0.3 is 20.1 Å². The summed E-state index contributed by atoms with van der Waals surface area (Å²) in [4.78, 5) is 13.6. The summed E-state index contributed by atoms with van der Waals surface area (Å²) in [6.07, 6.45) is 2.40. The van der Waals surface area contributed by atoms with E-state index in [4.69, 9.17) is 10.5 Å². The molecule has 1 fully saturated rings. The highest BCUT2D eigenvalue weighted by Crippen LogP contribution is 2.28. The van der Waals surface area contributed by atoms with Crippen LogP contribution in [0.1, 0.15) is 23.2 Å². The number of carbonyl (C=O) groups excluding carboxylic acids is 1. The van der Waals surface area contributed by atoms with E-state index < -0.39 is 0 Å². The summed E-state index contributed by atoms with van der Waals surface area (Å²) in [6.45, 7) is 1.79. The third kappa shape index (κ3) is 2.98. The lowest BCUT2D eigenvalue weighted by Crippen LogP contribution is -2.39. The molecule has 19 heavy (non-hydrogen) atoms. The van der Waals surface area contributed by atoms with Crippen molar-refractivity contribution >= 4 is 17.3 Å². The third-order valence-electron chi connectivity index (χ3n) is 3.50. The minimum absolute atomic E-state index is 0.244. The molecule has 104 valence electrons. The number of esters is 1. The molecule has 1 aliphatic heterocycles. The van der Waals surface area contributed by atoms with Crippen molar-refractivity contribution in [1.82, 2.24) is 0 Å². The fourth-order valence-corrected chi connectivity index (χ4v) is 2.44. The minimum atomic E-state index is -0.369. The van der Waals surface area contributed by atoms with Crippen LogP contribution >= 0.6 is 0 Å². The van der Waals surface area contributed by atoms with Crippen molar-refractivity contribution in [2.45, 2.75) is 18.9 Å².